The minimum atomic E-state index is -0.225. The SMILES string of the molecule is COc1cc(Br)ccc1C(=O)Nc1c(C)n[nH]c1C. The Labute approximate surface area is 119 Å². The van der Waals surface area contributed by atoms with E-state index < -0.39 is 0 Å². The Kier molecular flexibility index (Phi) is 3.90. The molecule has 0 saturated heterocycles. The third-order valence-electron chi connectivity index (χ3n) is 2.77. The fraction of sp³-hybridized carbons (Fsp3) is 0.231. The van der Waals surface area contributed by atoms with E-state index >= 15 is 0 Å². The number of hydrogen-bond donors (Lipinski definition) is 2. The van der Waals surface area contributed by atoms with Crippen molar-refractivity contribution in [2.45, 2.75) is 13.8 Å². The maximum atomic E-state index is 12.3. The van der Waals surface area contributed by atoms with Crippen LogP contribution in [0.15, 0.2) is 22.7 Å². The summed E-state index contributed by atoms with van der Waals surface area (Å²) in [6.45, 7) is 3.69. The van der Waals surface area contributed by atoms with E-state index in [-0.39, 0.29) is 5.91 Å². The van der Waals surface area contributed by atoms with Crippen molar-refractivity contribution < 1.29 is 9.53 Å². The molecule has 19 heavy (non-hydrogen) atoms. The summed E-state index contributed by atoms with van der Waals surface area (Å²) in [6.07, 6.45) is 0. The number of aromatic nitrogens is 2. The van der Waals surface area contributed by atoms with Crippen LogP contribution in [-0.2, 0) is 0 Å². The van der Waals surface area contributed by atoms with E-state index in [1.54, 1.807) is 18.2 Å². The number of nitrogens with zero attached hydrogens (tertiary/aromatic N) is 1. The molecule has 6 heteroatoms. The highest BCUT2D eigenvalue weighted by atomic mass is 79.9. The molecule has 2 rings (SSSR count). The number of H-pyrrole nitrogens is 1. The highest BCUT2D eigenvalue weighted by Gasteiger charge is 2.15. The van der Waals surface area contributed by atoms with Gasteiger partial charge in [-0.3, -0.25) is 9.89 Å². The van der Waals surface area contributed by atoms with Crippen molar-refractivity contribution in [3.8, 4) is 5.75 Å². The lowest BCUT2D eigenvalue weighted by molar-refractivity contribution is 0.102. The number of hydrogen-bond acceptors (Lipinski definition) is 3. The summed E-state index contributed by atoms with van der Waals surface area (Å²) in [5.41, 5.74) is 2.75. The first-order valence-corrected chi connectivity index (χ1v) is 6.48. The lowest BCUT2D eigenvalue weighted by Gasteiger charge is -2.09. The third-order valence-corrected chi connectivity index (χ3v) is 3.27. The molecule has 0 fully saturated rings. The van der Waals surface area contributed by atoms with Gasteiger partial charge in [0.1, 0.15) is 5.75 Å². The number of ether oxygens (including phenoxy) is 1. The van der Waals surface area contributed by atoms with Crippen molar-refractivity contribution in [3.05, 3.63) is 39.6 Å². The Morgan fingerprint density at radius 1 is 1.42 bits per heavy atom. The lowest BCUT2D eigenvalue weighted by atomic mass is 10.2. The van der Waals surface area contributed by atoms with Gasteiger partial charge in [0.15, 0.2) is 0 Å². The molecule has 5 nitrogen and oxygen atoms in total. The van der Waals surface area contributed by atoms with Gasteiger partial charge in [-0.2, -0.15) is 5.10 Å². The van der Waals surface area contributed by atoms with Crippen LogP contribution in [0.5, 0.6) is 5.75 Å². The van der Waals surface area contributed by atoms with Crippen LogP contribution < -0.4 is 10.1 Å². The van der Waals surface area contributed by atoms with Crippen LogP contribution in [0, 0.1) is 13.8 Å². The summed E-state index contributed by atoms with van der Waals surface area (Å²) in [6, 6.07) is 5.26. The average molecular weight is 324 g/mol. The Hall–Kier alpha value is -1.82. The fourth-order valence-electron chi connectivity index (χ4n) is 1.77. The number of aryl methyl sites for hydroxylation is 2. The lowest BCUT2D eigenvalue weighted by Crippen LogP contribution is -2.14. The number of carbonyl (C=O) groups is 1. The van der Waals surface area contributed by atoms with E-state index in [2.05, 4.69) is 31.4 Å². The van der Waals surface area contributed by atoms with Gasteiger partial charge in [0, 0.05) is 4.47 Å². The van der Waals surface area contributed by atoms with Gasteiger partial charge in [0.2, 0.25) is 0 Å². The summed E-state index contributed by atoms with van der Waals surface area (Å²) >= 11 is 3.34. The number of aromatic amines is 1. The molecule has 1 aromatic heterocycles. The topological polar surface area (TPSA) is 67.0 Å². The van der Waals surface area contributed by atoms with Crippen LogP contribution >= 0.6 is 15.9 Å². The van der Waals surface area contributed by atoms with E-state index in [0.29, 0.717) is 17.0 Å². The molecule has 2 aromatic rings. The predicted octanol–water partition coefficient (Wildman–Crippen LogP) is 3.05. The quantitative estimate of drug-likeness (QED) is 0.912. The molecule has 0 bridgehead atoms. The number of amides is 1. The molecule has 100 valence electrons. The van der Waals surface area contributed by atoms with Gasteiger partial charge in [-0.05, 0) is 32.0 Å². The van der Waals surface area contributed by atoms with Crippen LogP contribution in [0.1, 0.15) is 21.7 Å². The molecule has 0 radical (unpaired) electrons. The van der Waals surface area contributed by atoms with Crippen molar-refractivity contribution in [1.82, 2.24) is 10.2 Å². The Bertz CT molecular complexity index is 603. The number of benzene rings is 1. The van der Waals surface area contributed by atoms with E-state index in [4.69, 9.17) is 4.74 Å². The summed E-state index contributed by atoms with van der Waals surface area (Å²) in [5.74, 6) is 0.294. The largest absolute Gasteiger partial charge is 0.496 e. The van der Waals surface area contributed by atoms with Gasteiger partial charge >= 0.3 is 0 Å². The zero-order valence-corrected chi connectivity index (χ0v) is 12.5. The molecule has 0 aliphatic heterocycles. The van der Waals surface area contributed by atoms with Crippen molar-refractivity contribution in [1.29, 1.82) is 0 Å². The van der Waals surface area contributed by atoms with E-state index in [1.165, 1.54) is 7.11 Å². The minimum absolute atomic E-state index is 0.225. The smallest absolute Gasteiger partial charge is 0.259 e. The van der Waals surface area contributed by atoms with Gasteiger partial charge in [0.05, 0.1) is 29.7 Å². The molecule has 1 aromatic carbocycles. The predicted molar refractivity (Wildman–Crippen MR) is 76.7 cm³/mol. The fourth-order valence-corrected chi connectivity index (χ4v) is 2.11. The highest BCUT2D eigenvalue weighted by molar-refractivity contribution is 9.10. The van der Waals surface area contributed by atoms with E-state index in [1.807, 2.05) is 13.8 Å². The first-order chi connectivity index (χ1) is 9.02. The van der Waals surface area contributed by atoms with Crippen LogP contribution in [-0.4, -0.2) is 23.2 Å². The molecular formula is C13H14BrN3O2. The molecule has 1 amide bonds. The van der Waals surface area contributed by atoms with Crippen molar-refractivity contribution >= 4 is 27.5 Å². The van der Waals surface area contributed by atoms with Gasteiger partial charge in [-0.25, -0.2) is 0 Å². The molecule has 0 spiro atoms. The molecule has 2 N–H and O–H groups in total. The second-order valence-corrected chi connectivity index (χ2v) is 5.02. The number of carbonyl (C=O) groups excluding carboxylic acids is 1. The zero-order chi connectivity index (χ0) is 14.0. The van der Waals surface area contributed by atoms with Crippen molar-refractivity contribution in [2.24, 2.45) is 0 Å². The van der Waals surface area contributed by atoms with Gasteiger partial charge < -0.3 is 10.1 Å². The summed E-state index contributed by atoms with van der Waals surface area (Å²) < 4.78 is 6.07. The number of rotatable bonds is 3. The number of nitrogens with one attached hydrogen (secondary N) is 2. The number of anilines is 1. The minimum Gasteiger partial charge on any atom is -0.496 e. The molecule has 0 saturated carbocycles. The van der Waals surface area contributed by atoms with Crippen LogP contribution in [0.2, 0.25) is 0 Å². The van der Waals surface area contributed by atoms with Crippen molar-refractivity contribution in [3.63, 3.8) is 0 Å². The first kappa shape index (κ1) is 13.6. The van der Waals surface area contributed by atoms with E-state index in [9.17, 15) is 4.79 Å². The van der Waals surface area contributed by atoms with E-state index in [0.717, 1.165) is 15.9 Å². The van der Waals surface area contributed by atoms with Gasteiger partial charge in [0.25, 0.3) is 5.91 Å². The molecule has 0 aliphatic carbocycles. The second-order valence-electron chi connectivity index (χ2n) is 4.11. The first-order valence-electron chi connectivity index (χ1n) is 5.69. The maximum Gasteiger partial charge on any atom is 0.259 e. The van der Waals surface area contributed by atoms with Crippen LogP contribution in [0.4, 0.5) is 5.69 Å². The Morgan fingerprint density at radius 2 is 2.16 bits per heavy atom. The third kappa shape index (κ3) is 2.78. The molecule has 1 heterocycles. The Balaban J connectivity index is 2.30. The maximum absolute atomic E-state index is 12.3. The summed E-state index contributed by atoms with van der Waals surface area (Å²) in [4.78, 5) is 12.3. The summed E-state index contributed by atoms with van der Waals surface area (Å²) in [5, 5.41) is 9.71. The number of halogens is 1. The molecular weight excluding hydrogens is 310 g/mol. The van der Waals surface area contributed by atoms with Crippen molar-refractivity contribution in [2.75, 3.05) is 12.4 Å². The van der Waals surface area contributed by atoms with Gasteiger partial charge in [-0.1, -0.05) is 15.9 Å². The average Bonchev–Trinajstić information content (AvgIpc) is 2.70. The number of methoxy groups -OCH3 is 1. The van der Waals surface area contributed by atoms with Gasteiger partial charge in [-0.15, -0.1) is 0 Å². The summed E-state index contributed by atoms with van der Waals surface area (Å²) in [7, 11) is 1.53. The molecule has 0 unspecified atom stereocenters. The van der Waals surface area contributed by atoms with Crippen LogP contribution in [0.25, 0.3) is 0 Å². The highest BCUT2D eigenvalue weighted by Crippen LogP contribution is 2.25. The zero-order valence-electron chi connectivity index (χ0n) is 10.9. The Morgan fingerprint density at radius 3 is 2.74 bits per heavy atom. The monoisotopic (exact) mass is 323 g/mol. The second kappa shape index (κ2) is 5.44. The molecule has 0 aliphatic rings. The molecule has 0 atom stereocenters. The van der Waals surface area contributed by atoms with Crippen LogP contribution in [0.3, 0.4) is 0 Å². The normalized spacial score (nSPS) is 10.3. The standard InChI is InChI=1S/C13H14BrN3O2/c1-7-12(8(2)17-16-7)15-13(18)10-5-4-9(14)6-11(10)19-3/h4-6H,1-3H3,(H,15,18)(H,16,17).